The minimum absolute atomic E-state index is 0.0828. The summed E-state index contributed by atoms with van der Waals surface area (Å²) in [4.78, 5) is 4.71. The van der Waals surface area contributed by atoms with Crippen molar-refractivity contribution in [3.05, 3.63) is 48.2 Å². The number of unbranched alkanes of at least 4 members (excludes halogenated alkanes) is 9. The predicted octanol–water partition coefficient (Wildman–Crippen LogP) is 10.1. The molecule has 3 rings (SSSR count). The van der Waals surface area contributed by atoms with Crippen molar-refractivity contribution in [2.24, 2.45) is 11.3 Å². The van der Waals surface area contributed by atoms with Crippen LogP contribution in [-0.4, -0.2) is 11.6 Å². The standard InChI is InChI=1S/C34H50N2O/c1-3-5-7-9-11-13-23-34(28-35)24-21-30(22-25-34)27-37-32-18-16-31(17-19-32)33-20-15-29(26-36-33)14-12-10-8-6-4-2/h15-20,26,30H,3-14,21-25,27H2,1-2H3. The van der Waals surface area contributed by atoms with Gasteiger partial charge in [0.05, 0.1) is 23.8 Å². The van der Waals surface area contributed by atoms with E-state index in [1.165, 1.54) is 76.2 Å². The van der Waals surface area contributed by atoms with E-state index >= 15 is 0 Å². The topological polar surface area (TPSA) is 45.9 Å². The van der Waals surface area contributed by atoms with Gasteiger partial charge in [-0.3, -0.25) is 4.98 Å². The highest BCUT2D eigenvalue weighted by atomic mass is 16.5. The molecule has 0 spiro atoms. The maximum atomic E-state index is 9.89. The molecule has 0 saturated heterocycles. The van der Waals surface area contributed by atoms with Crippen LogP contribution in [0.2, 0.25) is 0 Å². The molecule has 1 heterocycles. The van der Waals surface area contributed by atoms with Gasteiger partial charge in [-0.1, -0.05) is 84.1 Å². The molecule has 37 heavy (non-hydrogen) atoms. The maximum absolute atomic E-state index is 9.89. The summed E-state index contributed by atoms with van der Waals surface area (Å²) in [6, 6.07) is 15.4. The van der Waals surface area contributed by atoms with Gasteiger partial charge >= 0.3 is 0 Å². The Morgan fingerprint density at radius 2 is 1.49 bits per heavy atom. The monoisotopic (exact) mass is 502 g/mol. The third kappa shape index (κ3) is 10.1. The largest absolute Gasteiger partial charge is 0.493 e. The van der Waals surface area contributed by atoms with E-state index in [0.717, 1.165) is 62.1 Å². The van der Waals surface area contributed by atoms with E-state index in [2.05, 4.69) is 56.3 Å². The lowest BCUT2D eigenvalue weighted by atomic mass is 9.69. The van der Waals surface area contributed by atoms with E-state index in [-0.39, 0.29) is 5.41 Å². The van der Waals surface area contributed by atoms with Crippen molar-refractivity contribution in [1.29, 1.82) is 5.26 Å². The third-order valence-corrected chi connectivity index (χ3v) is 8.34. The van der Waals surface area contributed by atoms with Gasteiger partial charge < -0.3 is 4.74 Å². The fourth-order valence-electron chi connectivity index (χ4n) is 5.67. The highest BCUT2D eigenvalue weighted by molar-refractivity contribution is 5.60. The molecule has 202 valence electrons. The fraction of sp³-hybridized carbons (Fsp3) is 0.647. The third-order valence-electron chi connectivity index (χ3n) is 8.34. The Labute approximate surface area is 227 Å². The average molecular weight is 503 g/mol. The molecule has 0 aliphatic heterocycles. The lowest BCUT2D eigenvalue weighted by molar-refractivity contribution is 0.144. The number of nitrogens with zero attached hydrogens (tertiary/aromatic N) is 2. The highest BCUT2D eigenvalue weighted by Crippen LogP contribution is 2.42. The summed E-state index contributed by atoms with van der Waals surface area (Å²) in [6.45, 7) is 5.27. The molecule has 3 heteroatoms. The normalized spacial score (nSPS) is 19.4. The van der Waals surface area contributed by atoms with Crippen LogP contribution >= 0.6 is 0 Å². The number of rotatable bonds is 17. The zero-order chi connectivity index (χ0) is 26.2. The molecule has 0 bridgehead atoms. The van der Waals surface area contributed by atoms with E-state index in [4.69, 9.17) is 9.72 Å². The van der Waals surface area contributed by atoms with Gasteiger partial charge in [-0.05, 0) is 86.8 Å². The van der Waals surface area contributed by atoms with Crippen LogP contribution in [0.4, 0.5) is 0 Å². The first-order valence-corrected chi connectivity index (χ1v) is 15.3. The molecule has 1 fully saturated rings. The molecule has 1 aromatic carbocycles. The smallest absolute Gasteiger partial charge is 0.119 e. The number of aryl methyl sites for hydroxylation is 1. The first-order chi connectivity index (χ1) is 18.2. The lowest BCUT2D eigenvalue weighted by Gasteiger charge is -2.35. The average Bonchev–Trinajstić information content (AvgIpc) is 2.95. The Kier molecular flexibility index (Phi) is 13.0. The van der Waals surface area contributed by atoms with Crippen LogP contribution in [0.1, 0.15) is 122 Å². The molecule has 1 aliphatic carbocycles. The van der Waals surface area contributed by atoms with Crippen LogP contribution in [0.5, 0.6) is 5.75 Å². The minimum atomic E-state index is -0.0828. The van der Waals surface area contributed by atoms with Crippen molar-refractivity contribution in [1.82, 2.24) is 4.98 Å². The molecule has 0 amide bonds. The Morgan fingerprint density at radius 3 is 2.11 bits per heavy atom. The SMILES string of the molecule is CCCCCCCCC1(C#N)CCC(COc2ccc(-c3ccc(CCCCCCC)cn3)cc2)CC1. The summed E-state index contributed by atoms with van der Waals surface area (Å²) in [7, 11) is 0. The van der Waals surface area contributed by atoms with Gasteiger partial charge in [-0.25, -0.2) is 0 Å². The maximum Gasteiger partial charge on any atom is 0.119 e. The molecule has 0 atom stereocenters. The number of nitriles is 1. The second kappa shape index (κ2) is 16.5. The van der Waals surface area contributed by atoms with Crippen LogP contribution in [0.25, 0.3) is 11.3 Å². The molecule has 1 aliphatic rings. The van der Waals surface area contributed by atoms with E-state index in [0.29, 0.717) is 5.92 Å². The molecule has 0 N–H and O–H groups in total. The second-order valence-electron chi connectivity index (χ2n) is 11.4. The number of aromatic nitrogens is 1. The number of pyridine rings is 1. The number of hydrogen-bond donors (Lipinski definition) is 0. The Hall–Kier alpha value is -2.34. The molecule has 2 aromatic rings. The summed E-state index contributed by atoms with van der Waals surface area (Å²) in [6.07, 6.45) is 22.9. The van der Waals surface area contributed by atoms with Crippen LogP contribution in [0.3, 0.4) is 0 Å². The lowest BCUT2D eigenvalue weighted by Crippen LogP contribution is -2.28. The predicted molar refractivity (Wildman–Crippen MR) is 156 cm³/mol. The van der Waals surface area contributed by atoms with Gasteiger partial charge in [0.2, 0.25) is 0 Å². The van der Waals surface area contributed by atoms with Gasteiger partial charge in [-0.15, -0.1) is 0 Å². The minimum Gasteiger partial charge on any atom is -0.493 e. The van der Waals surface area contributed by atoms with Crippen molar-refractivity contribution >= 4 is 0 Å². The van der Waals surface area contributed by atoms with Crippen molar-refractivity contribution in [2.45, 2.75) is 123 Å². The number of benzene rings is 1. The summed E-state index contributed by atoms with van der Waals surface area (Å²) in [5.74, 6) is 1.48. The molecular formula is C34H50N2O. The summed E-state index contributed by atoms with van der Waals surface area (Å²) in [5, 5.41) is 9.89. The van der Waals surface area contributed by atoms with E-state index < -0.39 is 0 Å². The van der Waals surface area contributed by atoms with Crippen LogP contribution in [0.15, 0.2) is 42.6 Å². The van der Waals surface area contributed by atoms with Gasteiger partial charge in [0.1, 0.15) is 5.75 Å². The van der Waals surface area contributed by atoms with Gasteiger partial charge in [0, 0.05) is 11.8 Å². The van der Waals surface area contributed by atoms with Crippen molar-refractivity contribution in [2.75, 3.05) is 6.61 Å². The van der Waals surface area contributed by atoms with E-state index in [1.807, 2.05) is 6.20 Å². The number of hydrogen-bond acceptors (Lipinski definition) is 3. The first-order valence-electron chi connectivity index (χ1n) is 15.3. The Balaban J connectivity index is 1.37. The molecular weight excluding hydrogens is 452 g/mol. The molecule has 1 saturated carbocycles. The second-order valence-corrected chi connectivity index (χ2v) is 11.4. The molecule has 1 aromatic heterocycles. The highest BCUT2D eigenvalue weighted by Gasteiger charge is 2.35. The Morgan fingerprint density at radius 1 is 0.838 bits per heavy atom. The Bertz CT molecular complexity index is 904. The summed E-state index contributed by atoms with van der Waals surface area (Å²) in [5.41, 5.74) is 3.40. The van der Waals surface area contributed by atoms with Crippen LogP contribution in [0, 0.1) is 22.7 Å². The molecule has 0 radical (unpaired) electrons. The van der Waals surface area contributed by atoms with Gasteiger partial charge in [-0.2, -0.15) is 5.26 Å². The van der Waals surface area contributed by atoms with Crippen LogP contribution in [-0.2, 0) is 6.42 Å². The zero-order valence-electron chi connectivity index (χ0n) is 23.6. The number of ether oxygens (including phenoxy) is 1. The molecule has 0 unspecified atom stereocenters. The van der Waals surface area contributed by atoms with Crippen molar-refractivity contribution in [3.63, 3.8) is 0 Å². The van der Waals surface area contributed by atoms with E-state index in [1.54, 1.807) is 0 Å². The van der Waals surface area contributed by atoms with Crippen LogP contribution < -0.4 is 4.74 Å². The van der Waals surface area contributed by atoms with Crippen molar-refractivity contribution < 1.29 is 4.74 Å². The van der Waals surface area contributed by atoms with Gasteiger partial charge in [0.25, 0.3) is 0 Å². The van der Waals surface area contributed by atoms with Gasteiger partial charge in [0.15, 0.2) is 0 Å². The zero-order valence-corrected chi connectivity index (χ0v) is 23.6. The molecule has 3 nitrogen and oxygen atoms in total. The fourth-order valence-corrected chi connectivity index (χ4v) is 5.67. The first kappa shape index (κ1) is 29.2. The summed E-state index contributed by atoms with van der Waals surface area (Å²) < 4.78 is 6.16. The van der Waals surface area contributed by atoms with Crippen molar-refractivity contribution in [3.8, 4) is 23.1 Å². The summed E-state index contributed by atoms with van der Waals surface area (Å²) >= 11 is 0. The quantitative estimate of drug-likeness (QED) is 0.202. The van der Waals surface area contributed by atoms with E-state index in [9.17, 15) is 5.26 Å².